The number of rotatable bonds is 5. The number of ketones is 1. The van der Waals surface area contributed by atoms with Crippen molar-refractivity contribution in [1.29, 1.82) is 0 Å². The van der Waals surface area contributed by atoms with Gasteiger partial charge in [-0.1, -0.05) is 6.07 Å². The molecular formula is C21H22F3N5O2. The number of Topliss-reactive ketones (excluding diaryl/α,β-unsaturated/α-hetero) is 1. The maximum Gasteiger partial charge on any atom is 0.416 e. The Hall–Kier alpha value is -3.43. The summed E-state index contributed by atoms with van der Waals surface area (Å²) < 4.78 is 43.9. The number of amides is 1. The molecule has 0 fully saturated rings. The molecule has 0 radical (unpaired) electrons. The van der Waals surface area contributed by atoms with E-state index in [4.69, 9.17) is 0 Å². The third kappa shape index (κ3) is 4.37. The lowest BCUT2D eigenvalue weighted by molar-refractivity contribution is -0.138. The van der Waals surface area contributed by atoms with Crippen LogP contribution in [0.15, 0.2) is 24.3 Å². The Morgan fingerprint density at radius 3 is 2.26 bits per heavy atom. The van der Waals surface area contributed by atoms with Crippen molar-refractivity contribution in [2.45, 2.75) is 40.4 Å². The molecule has 2 aromatic heterocycles. The van der Waals surface area contributed by atoms with Crippen LogP contribution in [0.3, 0.4) is 0 Å². The highest BCUT2D eigenvalue weighted by Gasteiger charge is 2.34. The van der Waals surface area contributed by atoms with E-state index in [1.54, 1.807) is 40.8 Å². The SMILES string of the molecule is Cc1cc(C)n(-c2ccc(CNC(=O)C(=O)c3c(C)nn(C)c3C)c(C(F)(F)F)c2)n1. The summed E-state index contributed by atoms with van der Waals surface area (Å²) in [5, 5.41) is 10.6. The Kier molecular flexibility index (Phi) is 5.75. The van der Waals surface area contributed by atoms with Gasteiger partial charge < -0.3 is 5.32 Å². The maximum absolute atomic E-state index is 13.7. The first kappa shape index (κ1) is 22.3. The minimum absolute atomic E-state index is 0.149. The quantitative estimate of drug-likeness (QED) is 0.494. The van der Waals surface area contributed by atoms with Gasteiger partial charge in [-0.05, 0) is 51.5 Å². The van der Waals surface area contributed by atoms with Gasteiger partial charge in [0.1, 0.15) is 0 Å². The molecule has 0 unspecified atom stereocenters. The van der Waals surface area contributed by atoms with E-state index in [2.05, 4.69) is 15.5 Å². The normalized spacial score (nSPS) is 11.6. The van der Waals surface area contributed by atoms with Crippen molar-refractivity contribution < 1.29 is 22.8 Å². The van der Waals surface area contributed by atoms with E-state index in [-0.39, 0.29) is 16.8 Å². The minimum atomic E-state index is -4.65. The highest BCUT2D eigenvalue weighted by atomic mass is 19.4. The second-order valence-corrected chi connectivity index (χ2v) is 7.36. The second kappa shape index (κ2) is 8.01. The first-order valence-corrected chi connectivity index (χ1v) is 9.46. The molecule has 1 aromatic carbocycles. The number of nitrogens with one attached hydrogen (secondary N) is 1. The average molecular weight is 433 g/mol. The highest BCUT2D eigenvalue weighted by molar-refractivity contribution is 6.43. The molecule has 0 aliphatic carbocycles. The van der Waals surface area contributed by atoms with Crippen LogP contribution in [-0.4, -0.2) is 31.3 Å². The fourth-order valence-electron chi connectivity index (χ4n) is 3.48. The Morgan fingerprint density at radius 1 is 1.06 bits per heavy atom. The summed E-state index contributed by atoms with van der Waals surface area (Å²) in [7, 11) is 1.64. The average Bonchev–Trinajstić information content (AvgIpc) is 3.15. The van der Waals surface area contributed by atoms with Crippen molar-refractivity contribution in [2.24, 2.45) is 7.05 Å². The number of halogens is 3. The molecular weight excluding hydrogens is 411 g/mol. The van der Waals surface area contributed by atoms with Gasteiger partial charge in [0.15, 0.2) is 0 Å². The summed E-state index contributed by atoms with van der Waals surface area (Å²) in [5.74, 6) is -1.83. The fourth-order valence-corrected chi connectivity index (χ4v) is 3.48. The molecule has 0 aliphatic rings. The molecule has 0 saturated carbocycles. The number of aryl methyl sites for hydroxylation is 4. The van der Waals surface area contributed by atoms with Crippen molar-refractivity contribution >= 4 is 11.7 Å². The molecule has 0 bridgehead atoms. The van der Waals surface area contributed by atoms with Gasteiger partial charge in [0.25, 0.3) is 11.7 Å². The number of hydrogen-bond donors (Lipinski definition) is 1. The molecule has 7 nitrogen and oxygen atoms in total. The number of nitrogens with zero attached hydrogens (tertiary/aromatic N) is 4. The predicted octanol–water partition coefficient (Wildman–Crippen LogP) is 3.36. The number of carbonyl (C=O) groups excluding carboxylic acids is 2. The number of hydrogen-bond acceptors (Lipinski definition) is 4. The van der Waals surface area contributed by atoms with E-state index in [1.807, 2.05) is 0 Å². The lowest BCUT2D eigenvalue weighted by atomic mass is 10.0. The topological polar surface area (TPSA) is 81.8 Å². The van der Waals surface area contributed by atoms with E-state index in [1.165, 1.54) is 21.5 Å². The zero-order valence-corrected chi connectivity index (χ0v) is 17.8. The summed E-state index contributed by atoms with van der Waals surface area (Å²) in [6, 6.07) is 5.51. The molecule has 1 amide bonds. The molecule has 0 spiro atoms. The Balaban J connectivity index is 1.86. The van der Waals surface area contributed by atoms with Gasteiger partial charge in [-0.25, -0.2) is 4.68 Å². The number of benzene rings is 1. The van der Waals surface area contributed by atoms with E-state index in [0.29, 0.717) is 22.8 Å². The van der Waals surface area contributed by atoms with E-state index >= 15 is 0 Å². The van der Waals surface area contributed by atoms with Crippen LogP contribution in [0, 0.1) is 27.7 Å². The van der Waals surface area contributed by atoms with Crippen LogP contribution in [-0.2, 0) is 24.6 Å². The molecule has 0 atom stereocenters. The maximum atomic E-state index is 13.7. The Morgan fingerprint density at radius 2 is 1.74 bits per heavy atom. The van der Waals surface area contributed by atoms with Crippen LogP contribution in [0.2, 0.25) is 0 Å². The van der Waals surface area contributed by atoms with E-state index < -0.39 is 30.0 Å². The largest absolute Gasteiger partial charge is 0.416 e. The monoisotopic (exact) mass is 433 g/mol. The van der Waals surface area contributed by atoms with E-state index in [9.17, 15) is 22.8 Å². The van der Waals surface area contributed by atoms with Gasteiger partial charge in [-0.15, -0.1) is 0 Å². The van der Waals surface area contributed by atoms with Crippen LogP contribution in [0.1, 0.15) is 44.3 Å². The molecule has 164 valence electrons. The number of carbonyl (C=O) groups is 2. The van der Waals surface area contributed by atoms with Gasteiger partial charge in [0, 0.05) is 25.0 Å². The van der Waals surface area contributed by atoms with Crippen molar-refractivity contribution in [1.82, 2.24) is 24.9 Å². The van der Waals surface area contributed by atoms with Crippen molar-refractivity contribution in [2.75, 3.05) is 0 Å². The lowest BCUT2D eigenvalue weighted by Gasteiger charge is -2.16. The number of aromatic nitrogens is 4. The Labute approximate surface area is 176 Å². The molecule has 3 rings (SSSR count). The fraction of sp³-hybridized carbons (Fsp3) is 0.333. The van der Waals surface area contributed by atoms with Crippen molar-refractivity contribution in [3.63, 3.8) is 0 Å². The minimum Gasteiger partial charge on any atom is -0.345 e. The zero-order valence-electron chi connectivity index (χ0n) is 17.8. The van der Waals surface area contributed by atoms with Gasteiger partial charge >= 0.3 is 6.18 Å². The van der Waals surface area contributed by atoms with Gasteiger partial charge in [-0.2, -0.15) is 23.4 Å². The third-order valence-corrected chi connectivity index (χ3v) is 5.03. The highest BCUT2D eigenvalue weighted by Crippen LogP contribution is 2.33. The predicted molar refractivity (Wildman–Crippen MR) is 107 cm³/mol. The molecule has 2 heterocycles. The van der Waals surface area contributed by atoms with Crippen LogP contribution in [0.5, 0.6) is 0 Å². The molecule has 1 N–H and O–H groups in total. The molecule has 31 heavy (non-hydrogen) atoms. The second-order valence-electron chi connectivity index (χ2n) is 7.36. The summed E-state index contributed by atoms with van der Waals surface area (Å²) in [4.78, 5) is 24.8. The van der Waals surface area contributed by atoms with Gasteiger partial charge in [0.05, 0.1) is 28.2 Å². The molecule has 0 saturated heterocycles. The van der Waals surface area contributed by atoms with E-state index in [0.717, 1.165) is 6.07 Å². The summed E-state index contributed by atoms with van der Waals surface area (Å²) in [6.45, 7) is 6.28. The third-order valence-electron chi connectivity index (χ3n) is 5.03. The first-order valence-electron chi connectivity index (χ1n) is 9.46. The summed E-state index contributed by atoms with van der Waals surface area (Å²) >= 11 is 0. The van der Waals surface area contributed by atoms with Crippen molar-refractivity contribution in [3.05, 3.63) is 63.7 Å². The van der Waals surface area contributed by atoms with Crippen LogP contribution < -0.4 is 5.32 Å². The Bertz CT molecular complexity index is 1170. The van der Waals surface area contributed by atoms with Crippen LogP contribution >= 0.6 is 0 Å². The van der Waals surface area contributed by atoms with Crippen LogP contribution in [0.25, 0.3) is 5.69 Å². The smallest absolute Gasteiger partial charge is 0.345 e. The summed E-state index contributed by atoms with van der Waals surface area (Å²) in [6.07, 6.45) is -4.65. The van der Waals surface area contributed by atoms with Gasteiger partial charge in [0.2, 0.25) is 0 Å². The zero-order chi connectivity index (χ0) is 23.1. The van der Waals surface area contributed by atoms with Gasteiger partial charge in [-0.3, -0.25) is 14.3 Å². The molecule has 10 heteroatoms. The first-order chi connectivity index (χ1) is 14.4. The van der Waals surface area contributed by atoms with Crippen molar-refractivity contribution in [3.8, 4) is 5.69 Å². The standard InChI is InChI=1S/C21H22F3N5O2/c1-11-8-12(2)29(26-11)16-7-6-15(17(9-16)21(22,23)24)10-25-20(31)19(30)18-13(3)27-28(5)14(18)4/h6-9H,10H2,1-5H3,(H,25,31). The van der Waals surface area contributed by atoms with Crippen LogP contribution in [0.4, 0.5) is 13.2 Å². The number of alkyl halides is 3. The molecule has 0 aliphatic heterocycles. The lowest BCUT2D eigenvalue weighted by Crippen LogP contribution is -2.32. The summed E-state index contributed by atoms with van der Waals surface area (Å²) in [5.41, 5.74) is 1.61. The molecule has 3 aromatic rings.